The van der Waals surface area contributed by atoms with E-state index in [0.29, 0.717) is 6.54 Å². The van der Waals surface area contributed by atoms with Crippen molar-refractivity contribution in [2.45, 2.75) is 33.4 Å². The normalized spacial score (nSPS) is 11.9. The number of rotatable bonds is 6. The Labute approximate surface area is 149 Å². The molecule has 0 spiro atoms. The summed E-state index contributed by atoms with van der Waals surface area (Å²) in [5.74, 6) is -0.218. The first-order valence-corrected chi connectivity index (χ1v) is 8.55. The maximum atomic E-state index is 12.6. The standard InChI is InChI=1S/C21H26N2O2/c1-15(2)20(22-16(3)24)21(25)23(4)14-17-10-12-19(13-11-17)18-8-6-5-7-9-18/h5-13,15,20H,14H2,1-4H3,(H,22,24). The molecule has 0 aliphatic heterocycles. The number of hydrogen-bond donors (Lipinski definition) is 1. The highest BCUT2D eigenvalue weighted by molar-refractivity contribution is 5.87. The number of amides is 2. The molecule has 2 rings (SSSR count). The van der Waals surface area contributed by atoms with Crippen molar-refractivity contribution in [2.24, 2.45) is 5.92 Å². The molecule has 0 bridgehead atoms. The van der Waals surface area contributed by atoms with Gasteiger partial charge in [0.05, 0.1) is 0 Å². The van der Waals surface area contributed by atoms with Crippen LogP contribution in [0.5, 0.6) is 0 Å². The van der Waals surface area contributed by atoms with Crippen LogP contribution in [0.1, 0.15) is 26.3 Å². The number of nitrogens with zero attached hydrogens (tertiary/aromatic N) is 1. The maximum absolute atomic E-state index is 12.6. The first-order chi connectivity index (χ1) is 11.9. The predicted octanol–water partition coefficient (Wildman–Crippen LogP) is 3.47. The zero-order valence-corrected chi connectivity index (χ0v) is 15.3. The van der Waals surface area contributed by atoms with E-state index in [9.17, 15) is 9.59 Å². The van der Waals surface area contributed by atoms with E-state index in [1.54, 1.807) is 11.9 Å². The van der Waals surface area contributed by atoms with Gasteiger partial charge in [-0.3, -0.25) is 9.59 Å². The van der Waals surface area contributed by atoms with Crippen LogP contribution < -0.4 is 5.32 Å². The lowest BCUT2D eigenvalue weighted by atomic mass is 10.0. The van der Waals surface area contributed by atoms with Crippen LogP contribution in [-0.2, 0) is 16.1 Å². The van der Waals surface area contributed by atoms with Gasteiger partial charge in [0, 0.05) is 20.5 Å². The van der Waals surface area contributed by atoms with Gasteiger partial charge in [-0.05, 0) is 22.6 Å². The third-order valence-electron chi connectivity index (χ3n) is 4.15. The van der Waals surface area contributed by atoms with Gasteiger partial charge >= 0.3 is 0 Å². The van der Waals surface area contributed by atoms with Crippen molar-refractivity contribution in [3.63, 3.8) is 0 Å². The van der Waals surface area contributed by atoms with Crippen molar-refractivity contribution < 1.29 is 9.59 Å². The number of carbonyl (C=O) groups is 2. The van der Waals surface area contributed by atoms with E-state index in [4.69, 9.17) is 0 Å². The van der Waals surface area contributed by atoms with Crippen LogP contribution in [0, 0.1) is 5.92 Å². The molecule has 2 aromatic carbocycles. The Bertz CT molecular complexity index is 708. The first-order valence-electron chi connectivity index (χ1n) is 8.55. The second kappa shape index (κ2) is 8.47. The van der Waals surface area contributed by atoms with Crippen LogP contribution in [0.2, 0.25) is 0 Å². The fourth-order valence-electron chi connectivity index (χ4n) is 2.75. The van der Waals surface area contributed by atoms with E-state index < -0.39 is 6.04 Å². The molecule has 1 atom stereocenters. The van der Waals surface area contributed by atoms with Gasteiger partial charge in [-0.25, -0.2) is 0 Å². The first kappa shape index (κ1) is 18.7. The molecule has 25 heavy (non-hydrogen) atoms. The van der Waals surface area contributed by atoms with Crippen LogP contribution in [-0.4, -0.2) is 29.8 Å². The van der Waals surface area contributed by atoms with Gasteiger partial charge in [0.15, 0.2) is 0 Å². The SMILES string of the molecule is CC(=O)NC(C(=O)N(C)Cc1ccc(-c2ccccc2)cc1)C(C)C. The molecule has 0 aliphatic carbocycles. The van der Waals surface area contributed by atoms with Gasteiger partial charge in [0.1, 0.15) is 6.04 Å². The Balaban J connectivity index is 2.05. The summed E-state index contributed by atoms with van der Waals surface area (Å²) in [4.78, 5) is 25.6. The summed E-state index contributed by atoms with van der Waals surface area (Å²) in [6.07, 6.45) is 0. The second-order valence-corrected chi connectivity index (χ2v) is 6.68. The van der Waals surface area contributed by atoms with E-state index in [1.165, 1.54) is 12.5 Å². The Hall–Kier alpha value is -2.62. The summed E-state index contributed by atoms with van der Waals surface area (Å²) in [5.41, 5.74) is 3.38. The van der Waals surface area contributed by atoms with Gasteiger partial charge < -0.3 is 10.2 Å². The van der Waals surface area contributed by atoms with Gasteiger partial charge in [-0.1, -0.05) is 68.4 Å². The smallest absolute Gasteiger partial charge is 0.245 e. The van der Waals surface area contributed by atoms with E-state index >= 15 is 0 Å². The fraction of sp³-hybridized carbons (Fsp3) is 0.333. The van der Waals surface area contributed by atoms with E-state index in [2.05, 4.69) is 29.6 Å². The average Bonchev–Trinajstić information content (AvgIpc) is 2.60. The topological polar surface area (TPSA) is 49.4 Å². The van der Waals surface area contributed by atoms with Crippen LogP contribution in [0.4, 0.5) is 0 Å². The highest BCUT2D eigenvalue weighted by atomic mass is 16.2. The molecule has 0 saturated carbocycles. The second-order valence-electron chi connectivity index (χ2n) is 6.68. The average molecular weight is 338 g/mol. The monoisotopic (exact) mass is 338 g/mol. The van der Waals surface area contributed by atoms with Crippen LogP contribution in [0.3, 0.4) is 0 Å². The Morgan fingerprint density at radius 1 is 0.960 bits per heavy atom. The van der Waals surface area contributed by atoms with E-state index in [0.717, 1.165) is 11.1 Å². The molecule has 4 heteroatoms. The Kier molecular flexibility index (Phi) is 6.34. The molecule has 2 amide bonds. The molecule has 0 fully saturated rings. The van der Waals surface area contributed by atoms with Crippen molar-refractivity contribution in [3.05, 3.63) is 60.2 Å². The molecule has 0 saturated heterocycles. The minimum atomic E-state index is -0.494. The summed E-state index contributed by atoms with van der Waals surface area (Å²) in [6.45, 7) is 5.81. The number of hydrogen-bond acceptors (Lipinski definition) is 2. The van der Waals surface area contributed by atoms with Crippen molar-refractivity contribution in [1.29, 1.82) is 0 Å². The molecule has 2 aromatic rings. The molecule has 0 radical (unpaired) electrons. The summed E-state index contributed by atoms with van der Waals surface area (Å²) < 4.78 is 0. The number of carbonyl (C=O) groups excluding carboxylic acids is 2. The van der Waals surface area contributed by atoms with Gasteiger partial charge in [0.2, 0.25) is 11.8 Å². The molecule has 1 N–H and O–H groups in total. The lowest BCUT2D eigenvalue weighted by Crippen LogP contribution is -2.49. The number of benzene rings is 2. The van der Waals surface area contributed by atoms with Gasteiger partial charge in [0.25, 0.3) is 0 Å². The van der Waals surface area contributed by atoms with Crippen LogP contribution >= 0.6 is 0 Å². The molecule has 132 valence electrons. The molecule has 4 nitrogen and oxygen atoms in total. The van der Waals surface area contributed by atoms with Crippen molar-refractivity contribution in [2.75, 3.05) is 7.05 Å². The summed E-state index contributed by atoms with van der Waals surface area (Å²) in [6, 6.07) is 17.9. The number of likely N-dealkylation sites (N-methyl/N-ethyl adjacent to an activating group) is 1. The Morgan fingerprint density at radius 3 is 2.04 bits per heavy atom. The summed E-state index contributed by atoms with van der Waals surface area (Å²) in [7, 11) is 1.77. The molecule has 1 unspecified atom stereocenters. The van der Waals surface area contributed by atoms with Crippen molar-refractivity contribution in [3.8, 4) is 11.1 Å². The largest absolute Gasteiger partial charge is 0.344 e. The molecule has 0 aliphatic rings. The highest BCUT2D eigenvalue weighted by Gasteiger charge is 2.25. The summed E-state index contributed by atoms with van der Waals surface area (Å²) in [5, 5.41) is 2.75. The quantitative estimate of drug-likeness (QED) is 0.877. The van der Waals surface area contributed by atoms with E-state index in [-0.39, 0.29) is 17.7 Å². The predicted molar refractivity (Wildman–Crippen MR) is 101 cm³/mol. The lowest BCUT2D eigenvalue weighted by Gasteiger charge is -2.26. The lowest BCUT2D eigenvalue weighted by molar-refractivity contribution is -0.136. The fourth-order valence-corrected chi connectivity index (χ4v) is 2.75. The number of nitrogens with one attached hydrogen (secondary N) is 1. The van der Waals surface area contributed by atoms with Gasteiger partial charge in [-0.2, -0.15) is 0 Å². The Morgan fingerprint density at radius 2 is 1.52 bits per heavy atom. The highest BCUT2D eigenvalue weighted by Crippen LogP contribution is 2.20. The third kappa shape index (κ3) is 5.18. The van der Waals surface area contributed by atoms with Crippen LogP contribution in [0.15, 0.2) is 54.6 Å². The molecule has 0 heterocycles. The third-order valence-corrected chi connectivity index (χ3v) is 4.15. The minimum absolute atomic E-state index is 0.0410. The minimum Gasteiger partial charge on any atom is -0.344 e. The van der Waals surface area contributed by atoms with Crippen molar-refractivity contribution in [1.82, 2.24) is 10.2 Å². The zero-order valence-electron chi connectivity index (χ0n) is 15.3. The maximum Gasteiger partial charge on any atom is 0.245 e. The zero-order chi connectivity index (χ0) is 18.4. The molecular weight excluding hydrogens is 312 g/mol. The summed E-state index contributed by atoms with van der Waals surface area (Å²) >= 11 is 0. The van der Waals surface area contributed by atoms with Gasteiger partial charge in [-0.15, -0.1) is 0 Å². The van der Waals surface area contributed by atoms with Crippen LogP contribution in [0.25, 0.3) is 11.1 Å². The molecule has 0 aromatic heterocycles. The molecular formula is C21H26N2O2. The van der Waals surface area contributed by atoms with Crippen molar-refractivity contribution >= 4 is 11.8 Å². The van der Waals surface area contributed by atoms with E-state index in [1.807, 2.05) is 44.2 Å².